The van der Waals surface area contributed by atoms with Crippen LogP contribution >= 0.6 is 11.8 Å². The van der Waals surface area contributed by atoms with Gasteiger partial charge in [-0.25, -0.2) is 0 Å². The van der Waals surface area contributed by atoms with Crippen molar-refractivity contribution in [1.82, 2.24) is 4.90 Å². The minimum atomic E-state index is -0.127. The maximum Gasteiger partial charge on any atom is 0.226 e. The van der Waals surface area contributed by atoms with Crippen LogP contribution in [0.1, 0.15) is 17.5 Å². The quantitative estimate of drug-likeness (QED) is 0.862. The Kier molecular flexibility index (Phi) is 5.51. The summed E-state index contributed by atoms with van der Waals surface area (Å²) in [5, 5.41) is 8.65. The van der Waals surface area contributed by atoms with E-state index in [1.807, 2.05) is 48.0 Å². The number of aliphatic hydroxyl groups excluding tert-OH is 1. The van der Waals surface area contributed by atoms with E-state index in [0.29, 0.717) is 6.54 Å². The molecular weight excluding hydrogens is 270 g/mol. The van der Waals surface area contributed by atoms with Crippen LogP contribution in [0.4, 0.5) is 0 Å². The van der Waals surface area contributed by atoms with Gasteiger partial charge in [0.2, 0.25) is 5.91 Å². The number of nitrogens with zero attached hydrogens (tertiary/aromatic N) is 1. The number of amides is 1. The van der Waals surface area contributed by atoms with E-state index >= 15 is 0 Å². The summed E-state index contributed by atoms with van der Waals surface area (Å²) >= 11 is 1.86. The second-order valence-corrected chi connectivity index (χ2v) is 6.06. The monoisotopic (exact) mass is 289 g/mol. The molecule has 1 amide bonds. The molecule has 4 heteroatoms. The Morgan fingerprint density at radius 1 is 1.45 bits per heavy atom. The van der Waals surface area contributed by atoms with Crippen molar-refractivity contribution in [2.75, 3.05) is 25.2 Å². The normalized spacial score (nSPS) is 17.4. The van der Waals surface area contributed by atoms with E-state index in [1.54, 1.807) is 0 Å². The largest absolute Gasteiger partial charge is 0.384 e. The fourth-order valence-electron chi connectivity index (χ4n) is 2.23. The molecule has 1 aliphatic heterocycles. The third-order valence-electron chi connectivity index (χ3n) is 3.34. The number of carbonyl (C=O) groups excluding carboxylic acids is 1. The number of benzene rings is 1. The van der Waals surface area contributed by atoms with E-state index < -0.39 is 0 Å². The van der Waals surface area contributed by atoms with E-state index in [0.717, 1.165) is 29.1 Å². The standard InChI is InChI=1S/C16H19NO2S/c1-17(16(19)15-8-10-20-12-15)11-14-6-4-13(5-7-14)3-2-9-18/h4-7,15,18H,8-12H2,1H3. The molecule has 106 valence electrons. The summed E-state index contributed by atoms with van der Waals surface area (Å²) in [6.45, 7) is 0.506. The Morgan fingerprint density at radius 2 is 2.20 bits per heavy atom. The Labute approximate surface area is 124 Å². The van der Waals surface area contributed by atoms with Gasteiger partial charge in [0.25, 0.3) is 0 Å². The molecule has 1 aromatic carbocycles. The van der Waals surface area contributed by atoms with Gasteiger partial charge in [-0.3, -0.25) is 4.79 Å². The smallest absolute Gasteiger partial charge is 0.226 e. The summed E-state index contributed by atoms with van der Waals surface area (Å²) in [5.41, 5.74) is 1.98. The second-order valence-electron chi connectivity index (χ2n) is 4.91. The predicted molar refractivity (Wildman–Crippen MR) is 82.3 cm³/mol. The molecule has 1 fully saturated rings. The van der Waals surface area contributed by atoms with Crippen LogP contribution < -0.4 is 0 Å². The molecule has 20 heavy (non-hydrogen) atoms. The first-order valence-corrected chi connectivity index (χ1v) is 7.87. The van der Waals surface area contributed by atoms with Gasteiger partial charge in [0.1, 0.15) is 6.61 Å². The lowest BCUT2D eigenvalue weighted by Gasteiger charge is -2.20. The van der Waals surface area contributed by atoms with Gasteiger partial charge in [-0.1, -0.05) is 24.0 Å². The first-order valence-electron chi connectivity index (χ1n) is 6.72. The molecular formula is C16H19NO2S. The number of rotatable bonds is 3. The summed E-state index contributed by atoms with van der Waals surface area (Å²) in [4.78, 5) is 14.0. The van der Waals surface area contributed by atoms with Crippen LogP contribution in [0.5, 0.6) is 0 Å². The van der Waals surface area contributed by atoms with Crippen LogP contribution in [0, 0.1) is 17.8 Å². The van der Waals surface area contributed by atoms with Crippen LogP contribution in [0.15, 0.2) is 24.3 Å². The molecule has 1 saturated heterocycles. The summed E-state index contributed by atoms with van der Waals surface area (Å²) in [5.74, 6) is 7.98. The Morgan fingerprint density at radius 3 is 2.80 bits per heavy atom. The molecule has 0 aliphatic carbocycles. The van der Waals surface area contributed by atoms with Crippen LogP contribution in [0.3, 0.4) is 0 Å². The van der Waals surface area contributed by atoms with Crippen LogP contribution in [0.25, 0.3) is 0 Å². The van der Waals surface area contributed by atoms with E-state index in [9.17, 15) is 4.79 Å². The highest BCUT2D eigenvalue weighted by molar-refractivity contribution is 7.99. The van der Waals surface area contributed by atoms with Gasteiger partial charge in [-0.15, -0.1) is 0 Å². The van der Waals surface area contributed by atoms with Crippen molar-refractivity contribution >= 4 is 17.7 Å². The van der Waals surface area contributed by atoms with Gasteiger partial charge in [-0.2, -0.15) is 11.8 Å². The predicted octanol–water partition coefficient (Wildman–Crippen LogP) is 1.74. The van der Waals surface area contributed by atoms with Gasteiger partial charge in [0.15, 0.2) is 0 Å². The molecule has 1 heterocycles. The van der Waals surface area contributed by atoms with E-state index in [2.05, 4.69) is 11.8 Å². The summed E-state index contributed by atoms with van der Waals surface area (Å²) in [6, 6.07) is 7.80. The molecule has 1 atom stereocenters. The third-order valence-corrected chi connectivity index (χ3v) is 4.50. The Hall–Kier alpha value is -1.44. The zero-order chi connectivity index (χ0) is 14.4. The molecule has 1 unspecified atom stereocenters. The second kappa shape index (κ2) is 7.37. The SMILES string of the molecule is CN(Cc1ccc(C#CCO)cc1)C(=O)C1CCSC1. The molecule has 0 radical (unpaired) electrons. The molecule has 0 bridgehead atoms. The number of thioether (sulfide) groups is 1. The van der Waals surface area contributed by atoms with Crippen molar-refractivity contribution in [1.29, 1.82) is 0 Å². The number of hydrogen-bond acceptors (Lipinski definition) is 3. The summed E-state index contributed by atoms with van der Waals surface area (Å²) < 4.78 is 0. The van der Waals surface area contributed by atoms with E-state index in [1.165, 1.54) is 0 Å². The zero-order valence-corrected chi connectivity index (χ0v) is 12.4. The average Bonchev–Trinajstić information content (AvgIpc) is 3.00. The third kappa shape index (κ3) is 4.03. The highest BCUT2D eigenvalue weighted by atomic mass is 32.2. The molecule has 1 N–H and O–H groups in total. The topological polar surface area (TPSA) is 40.5 Å². The number of carbonyl (C=O) groups is 1. The van der Waals surface area contributed by atoms with Gasteiger partial charge >= 0.3 is 0 Å². The summed E-state index contributed by atoms with van der Waals surface area (Å²) in [6.07, 6.45) is 1.00. The van der Waals surface area contributed by atoms with Gasteiger partial charge in [0, 0.05) is 30.8 Å². The summed E-state index contributed by atoms with van der Waals surface area (Å²) in [7, 11) is 1.87. The van der Waals surface area contributed by atoms with Crippen LogP contribution in [-0.2, 0) is 11.3 Å². The first-order chi connectivity index (χ1) is 9.70. The Bertz CT molecular complexity index is 510. The average molecular weight is 289 g/mol. The zero-order valence-electron chi connectivity index (χ0n) is 11.6. The van der Waals surface area contributed by atoms with Gasteiger partial charge in [-0.05, 0) is 29.9 Å². The maximum absolute atomic E-state index is 12.2. The molecule has 0 aromatic heterocycles. The van der Waals surface area contributed by atoms with Crippen molar-refractivity contribution in [2.45, 2.75) is 13.0 Å². The molecule has 0 spiro atoms. The first kappa shape index (κ1) is 15.0. The van der Waals surface area contributed by atoms with Crippen LogP contribution in [-0.4, -0.2) is 41.1 Å². The Balaban J connectivity index is 1.93. The number of hydrogen-bond donors (Lipinski definition) is 1. The highest BCUT2D eigenvalue weighted by Crippen LogP contribution is 2.25. The molecule has 3 nitrogen and oxygen atoms in total. The van der Waals surface area contributed by atoms with Gasteiger partial charge < -0.3 is 10.0 Å². The van der Waals surface area contributed by atoms with Crippen LogP contribution in [0.2, 0.25) is 0 Å². The lowest BCUT2D eigenvalue weighted by Crippen LogP contribution is -2.32. The van der Waals surface area contributed by atoms with E-state index in [-0.39, 0.29) is 18.4 Å². The molecule has 0 saturated carbocycles. The van der Waals surface area contributed by atoms with Crippen molar-refractivity contribution in [3.63, 3.8) is 0 Å². The molecule has 1 aliphatic rings. The minimum absolute atomic E-state index is 0.127. The van der Waals surface area contributed by atoms with Crippen molar-refractivity contribution < 1.29 is 9.90 Å². The maximum atomic E-state index is 12.2. The molecule has 2 rings (SSSR count). The fraction of sp³-hybridized carbons (Fsp3) is 0.438. The number of aliphatic hydroxyl groups is 1. The van der Waals surface area contributed by atoms with Crippen molar-refractivity contribution in [2.24, 2.45) is 5.92 Å². The van der Waals surface area contributed by atoms with Gasteiger partial charge in [0.05, 0.1) is 0 Å². The van der Waals surface area contributed by atoms with Crippen molar-refractivity contribution in [3.05, 3.63) is 35.4 Å². The molecule has 1 aromatic rings. The lowest BCUT2D eigenvalue weighted by molar-refractivity contribution is -0.133. The fourth-order valence-corrected chi connectivity index (χ4v) is 3.44. The van der Waals surface area contributed by atoms with E-state index in [4.69, 9.17) is 5.11 Å². The lowest BCUT2D eigenvalue weighted by atomic mass is 10.1. The van der Waals surface area contributed by atoms with Crippen molar-refractivity contribution in [3.8, 4) is 11.8 Å². The minimum Gasteiger partial charge on any atom is -0.384 e. The highest BCUT2D eigenvalue weighted by Gasteiger charge is 2.25.